The highest BCUT2D eigenvalue weighted by Crippen LogP contribution is 2.35. The quantitative estimate of drug-likeness (QED) is 0.746. The van der Waals surface area contributed by atoms with Gasteiger partial charge >= 0.3 is 0 Å². The summed E-state index contributed by atoms with van der Waals surface area (Å²) in [5, 5.41) is 12.7. The summed E-state index contributed by atoms with van der Waals surface area (Å²) in [6.07, 6.45) is 1.02. The van der Waals surface area contributed by atoms with E-state index >= 15 is 0 Å². The van der Waals surface area contributed by atoms with Crippen LogP contribution in [0.5, 0.6) is 0 Å². The Labute approximate surface area is 85.0 Å². The first-order chi connectivity index (χ1) is 6.73. The topological polar surface area (TPSA) is 32.3 Å². The monoisotopic (exact) mass is 191 g/mol. The highest BCUT2D eigenvalue weighted by atomic mass is 16.3. The Hall–Kier alpha value is -0.860. The van der Waals surface area contributed by atoms with E-state index in [1.807, 2.05) is 6.07 Å². The molecule has 2 N–H and O–H groups in total. The average molecular weight is 191 g/mol. The Morgan fingerprint density at radius 1 is 1.43 bits per heavy atom. The molecule has 1 aromatic rings. The zero-order chi connectivity index (χ0) is 10.0. The van der Waals surface area contributed by atoms with Crippen LogP contribution < -0.4 is 5.32 Å². The maximum atomic E-state index is 9.25. The van der Waals surface area contributed by atoms with Crippen LogP contribution in [-0.2, 0) is 0 Å². The van der Waals surface area contributed by atoms with E-state index in [0.29, 0.717) is 6.04 Å². The Balaban J connectivity index is 2.10. The molecule has 2 heteroatoms. The smallest absolute Gasteiger partial charge is 0.0497 e. The number of nitrogens with one attached hydrogen (secondary N) is 1. The number of hydrogen-bond donors (Lipinski definition) is 2. The normalized spacial score (nSPS) is 32.0. The number of rotatable bonds is 2. The lowest BCUT2D eigenvalue weighted by Gasteiger charge is -2.19. The summed E-state index contributed by atoms with van der Waals surface area (Å²) in [4.78, 5) is 0. The molecule has 14 heavy (non-hydrogen) atoms. The van der Waals surface area contributed by atoms with E-state index in [2.05, 4.69) is 36.5 Å². The average Bonchev–Trinajstić information content (AvgIpc) is 2.63. The largest absolute Gasteiger partial charge is 0.396 e. The molecule has 2 atom stereocenters. The van der Waals surface area contributed by atoms with Crippen LogP contribution in [0.25, 0.3) is 0 Å². The molecular weight excluding hydrogens is 174 g/mol. The summed E-state index contributed by atoms with van der Waals surface area (Å²) < 4.78 is 0. The fourth-order valence-electron chi connectivity index (χ4n) is 2.05. The fourth-order valence-corrected chi connectivity index (χ4v) is 2.05. The van der Waals surface area contributed by atoms with Crippen LogP contribution in [0.2, 0.25) is 0 Å². The molecule has 1 heterocycles. The molecule has 1 saturated heterocycles. The molecule has 2 unspecified atom stereocenters. The molecule has 2 nitrogen and oxygen atoms in total. The molecule has 0 spiro atoms. The molecule has 0 radical (unpaired) electrons. The Bertz CT molecular complexity index is 298. The van der Waals surface area contributed by atoms with E-state index in [0.717, 1.165) is 13.0 Å². The van der Waals surface area contributed by atoms with E-state index in [9.17, 15) is 5.11 Å². The van der Waals surface area contributed by atoms with E-state index in [1.54, 1.807) is 0 Å². The fraction of sp³-hybridized carbons (Fsp3) is 0.500. The minimum Gasteiger partial charge on any atom is -0.396 e. The van der Waals surface area contributed by atoms with Crippen molar-refractivity contribution in [2.45, 2.75) is 19.4 Å². The summed E-state index contributed by atoms with van der Waals surface area (Å²) in [6, 6.07) is 10.8. The molecule has 0 bridgehead atoms. The van der Waals surface area contributed by atoms with E-state index < -0.39 is 0 Å². The van der Waals surface area contributed by atoms with Gasteiger partial charge in [-0.05, 0) is 12.0 Å². The molecule has 1 aliphatic heterocycles. The van der Waals surface area contributed by atoms with Crippen molar-refractivity contribution in [1.29, 1.82) is 0 Å². The van der Waals surface area contributed by atoms with Crippen molar-refractivity contribution >= 4 is 0 Å². The van der Waals surface area contributed by atoms with Crippen molar-refractivity contribution in [2.24, 2.45) is 5.41 Å². The van der Waals surface area contributed by atoms with Crippen molar-refractivity contribution in [2.75, 3.05) is 13.2 Å². The summed E-state index contributed by atoms with van der Waals surface area (Å²) in [6.45, 7) is 3.30. The van der Waals surface area contributed by atoms with Gasteiger partial charge in [0.05, 0.1) is 0 Å². The first-order valence-corrected chi connectivity index (χ1v) is 5.13. The second kappa shape index (κ2) is 3.71. The third kappa shape index (κ3) is 1.81. The minimum absolute atomic E-state index is 0.0561. The zero-order valence-electron chi connectivity index (χ0n) is 8.53. The van der Waals surface area contributed by atoms with Crippen LogP contribution in [-0.4, -0.2) is 18.3 Å². The second-order valence-corrected chi connectivity index (χ2v) is 4.52. The van der Waals surface area contributed by atoms with Crippen LogP contribution in [0.1, 0.15) is 24.9 Å². The summed E-state index contributed by atoms with van der Waals surface area (Å²) >= 11 is 0. The van der Waals surface area contributed by atoms with Gasteiger partial charge in [-0.2, -0.15) is 0 Å². The van der Waals surface area contributed by atoms with Crippen molar-refractivity contribution < 1.29 is 5.11 Å². The Morgan fingerprint density at radius 3 is 2.71 bits per heavy atom. The molecule has 2 rings (SSSR count). The highest BCUT2D eigenvalue weighted by molar-refractivity contribution is 5.20. The molecule has 1 fully saturated rings. The highest BCUT2D eigenvalue weighted by Gasteiger charge is 2.34. The molecule has 0 amide bonds. The summed E-state index contributed by atoms with van der Waals surface area (Å²) in [7, 11) is 0. The van der Waals surface area contributed by atoms with Gasteiger partial charge in [-0.3, -0.25) is 0 Å². The molecule has 0 aliphatic carbocycles. The molecular formula is C12H17NO. The van der Waals surface area contributed by atoms with Gasteiger partial charge < -0.3 is 10.4 Å². The Kier molecular flexibility index (Phi) is 2.57. The van der Waals surface area contributed by atoms with Gasteiger partial charge in [0, 0.05) is 24.6 Å². The summed E-state index contributed by atoms with van der Waals surface area (Å²) in [5.41, 5.74) is 1.38. The second-order valence-electron chi connectivity index (χ2n) is 4.52. The first-order valence-electron chi connectivity index (χ1n) is 5.13. The summed E-state index contributed by atoms with van der Waals surface area (Å²) in [5.74, 6) is 0. The number of aliphatic hydroxyl groups excluding tert-OH is 1. The predicted molar refractivity (Wildman–Crippen MR) is 57.0 cm³/mol. The van der Waals surface area contributed by atoms with Crippen molar-refractivity contribution in [3.63, 3.8) is 0 Å². The van der Waals surface area contributed by atoms with Crippen LogP contribution >= 0.6 is 0 Å². The number of hydrogen-bond acceptors (Lipinski definition) is 2. The third-order valence-corrected chi connectivity index (χ3v) is 3.06. The van der Waals surface area contributed by atoms with Crippen molar-refractivity contribution in [1.82, 2.24) is 5.32 Å². The van der Waals surface area contributed by atoms with Crippen LogP contribution in [0.4, 0.5) is 0 Å². The maximum absolute atomic E-state index is 9.25. The molecule has 0 aromatic heterocycles. The Morgan fingerprint density at radius 2 is 2.14 bits per heavy atom. The van der Waals surface area contributed by atoms with Crippen LogP contribution in [0.15, 0.2) is 30.3 Å². The van der Waals surface area contributed by atoms with Gasteiger partial charge in [0.25, 0.3) is 0 Å². The minimum atomic E-state index is 0.0561. The van der Waals surface area contributed by atoms with Crippen molar-refractivity contribution in [3.8, 4) is 0 Å². The van der Waals surface area contributed by atoms with E-state index in [4.69, 9.17) is 0 Å². The lowest BCUT2D eigenvalue weighted by Crippen LogP contribution is -2.23. The van der Waals surface area contributed by atoms with Gasteiger partial charge in [-0.1, -0.05) is 37.3 Å². The van der Waals surface area contributed by atoms with Crippen LogP contribution in [0.3, 0.4) is 0 Å². The SMILES string of the molecule is CC1(CO)CNC(c2ccccc2)C1. The maximum Gasteiger partial charge on any atom is 0.0497 e. The zero-order valence-corrected chi connectivity index (χ0v) is 8.53. The van der Waals surface area contributed by atoms with E-state index in [1.165, 1.54) is 5.56 Å². The van der Waals surface area contributed by atoms with E-state index in [-0.39, 0.29) is 12.0 Å². The van der Waals surface area contributed by atoms with Gasteiger partial charge in [0.2, 0.25) is 0 Å². The molecule has 1 aromatic carbocycles. The lowest BCUT2D eigenvalue weighted by molar-refractivity contribution is 0.158. The van der Waals surface area contributed by atoms with Crippen molar-refractivity contribution in [3.05, 3.63) is 35.9 Å². The number of benzene rings is 1. The van der Waals surface area contributed by atoms with Crippen LogP contribution in [0, 0.1) is 5.41 Å². The van der Waals surface area contributed by atoms with Gasteiger partial charge in [-0.15, -0.1) is 0 Å². The molecule has 1 aliphatic rings. The standard InChI is InChI=1S/C12H17NO/c1-12(9-14)7-11(13-8-12)10-5-3-2-4-6-10/h2-6,11,13-14H,7-9H2,1H3. The van der Waals surface area contributed by atoms with Gasteiger partial charge in [0.1, 0.15) is 0 Å². The number of aliphatic hydroxyl groups is 1. The predicted octanol–water partition coefficient (Wildman–Crippen LogP) is 1.72. The molecule has 0 saturated carbocycles. The third-order valence-electron chi connectivity index (χ3n) is 3.06. The van der Waals surface area contributed by atoms with Gasteiger partial charge in [0.15, 0.2) is 0 Å². The van der Waals surface area contributed by atoms with Gasteiger partial charge in [-0.25, -0.2) is 0 Å². The lowest BCUT2D eigenvalue weighted by atomic mass is 9.87. The molecule has 76 valence electrons. The first kappa shape index (κ1) is 9.69.